The number of hydrogen-bond donors (Lipinski definition) is 0. The van der Waals surface area contributed by atoms with E-state index in [0.717, 1.165) is 0 Å². The van der Waals surface area contributed by atoms with E-state index in [4.69, 9.17) is 0 Å². The van der Waals surface area contributed by atoms with Gasteiger partial charge >= 0.3 is 0 Å². The Bertz CT molecular complexity index is 533. The fraction of sp³-hybridized carbons (Fsp3) is 0.176. The van der Waals surface area contributed by atoms with E-state index in [-0.39, 0.29) is 0 Å². The molecule has 0 heterocycles. The fourth-order valence-corrected chi connectivity index (χ4v) is 3.70. The van der Waals surface area contributed by atoms with E-state index in [1.54, 1.807) is 0 Å². The minimum absolute atomic E-state index is 1.25. The van der Waals surface area contributed by atoms with Crippen LogP contribution < -0.4 is 5.19 Å². The highest BCUT2D eigenvalue weighted by molar-refractivity contribution is 6.89. The molecule has 18 heavy (non-hydrogen) atoms. The standard InChI is InChI=1S/C17H20Si/c1-18(2,3)17-12-8-7-11-16(17)14-13-15-9-5-4-6-10-15/h4-14H,1-3H3/b14-13+. The molecule has 0 fully saturated rings. The zero-order chi connectivity index (χ0) is 13.0. The van der Waals surface area contributed by atoms with Gasteiger partial charge < -0.3 is 0 Å². The molecule has 0 aliphatic heterocycles. The van der Waals surface area contributed by atoms with Gasteiger partial charge in [0, 0.05) is 0 Å². The summed E-state index contributed by atoms with van der Waals surface area (Å²) in [6, 6.07) is 19.2. The number of benzene rings is 2. The van der Waals surface area contributed by atoms with Crippen molar-refractivity contribution < 1.29 is 0 Å². The molecule has 0 aliphatic carbocycles. The summed E-state index contributed by atoms with van der Waals surface area (Å²) >= 11 is 0. The van der Waals surface area contributed by atoms with Crippen LogP contribution in [0, 0.1) is 0 Å². The van der Waals surface area contributed by atoms with Crippen LogP contribution in [0.3, 0.4) is 0 Å². The van der Waals surface area contributed by atoms with Crippen LogP contribution in [0.2, 0.25) is 19.6 Å². The normalized spacial score (nSPS) is 11.9. The summed E-state index contributed by atoms with van der Waals surface area (Å²) in [5.74, 6) is 0. The van der Waals surface area contributed by atoms with Crippen LogP contribution in [0.15, 0.2) is 54.6 Å². The molecule has 92 valence electrons. The van der Waals surface area contributed by atoms with Crippen LogP contribution in [0.1, 0.15) is 11.1 Å². The van der Waals surface area contributed by atoms with Crippen molar-refractivity contribution in [2.45, 2.75) is 19.6 Å². The zero-order valence-electron chi connectivity index (χ0n) is 11.4. The first-order valence-corrected chi connectivity index (χ1v) is 9.90. The van der Waals surface area contributed by atoms with Crippen molar-refractivity contribution in [3.8, 4) is 0 Å². The third-order valence-electron chi connectivity index (χ3n) is 3.02. The molecule has 0 amide bonds. The molecule has 0 atom stereocenters. The minimum Gasteiger partial charge on any atom is -0.0656 e. The predicted molar refractivity (Wildman–Crippen MR) is 84.8 cm³/mol. The fourth-order valence-electron chi connectivity index (χ4n) is 2.08. The molecule has 0 saturated heterocycles. The summed E-state index contributed by atoms with van der Waals surface area (Å²) < 4.78 is 0. The summed E-state index contributed by atoms with van der Waals surface area (Å²) in [5.41, 5.74) is 2.61. The highest BCUT2D eigenvalue weighted by atomic mass is 28.3. The Morgan fingerprint density at radius 1 is 0.722 bits per heavy atom. The first kappa shape index (κ1) is 12.8. The molecular formula is C17H20Si. The summed E-state index contributed by atoms with van der Waals surface area (Å²) in [7, 11) is -1.27. The van der Waals surface area contributed by atoms with E-state index in [2.05, 4.69) is 80.3 Å². The molecule has 0 unspecified atom stereocenters. The Morgan fingerprint density at radius 3 is 2.00 bits per heavy atom. The Kier molecular flexibility index (Phi) is 3.83. The summed E-state index contributed by atoms with van der Waals surface area (Å²) in [6.45, 7) is 7.17. The van der Waals surface area contributed by atoms with Crippen molar-refractivity contribution >= 4 is 25.4 Å². The van der Waals surface area contributed by atoms with Gasteiger partial charge in [0.1, 0.15) is 0 Å². The predicted octanol–water partition coefficient (Wildman–Crippen LogP) is 4.40. The second-order valence-electron chi connectivity index (χ2n) is 5.58. The van der Waals surface area contributed by atoms with Gasteiger partial charge in [0.2, 0.25) is 0 Å². The number of rotatable bonds is 3. The van der Waals surface area contributed by atoms with Crippen molar-refractivity contribution in [3.05, 3.63) is 65.7 Å². The van der Waals surface area contributed by atoms with Gasteiger partial charge in [-0.2, -0.15) is 0 Å². The molecule has 0 spiro atoms. The first-order chi connectivity index (χ1) is 8.57. The lowest BCUT2D eigenvalue weighted by Crippen LogP contribution is -2.39. The molecule has 0 N–H and O–H groups in total. The van der Waals surface area contributed by atoms with Gasteiger partial charge in [-0.25, -0.2) is 0 Å². The maximum absolute atomic E-state index is 2.39. The Morgan fingerprint density at radius 2 is 1.33 bits per heavy atom. The lowest BCUT2D eigenvalue weighted by molar-refractivity contribution is 1.64. The van der Waals surface area contributed by atoms with E-state index in [1.165, 1.54) is 16.3 Å². The SMILES string of the molecule is C[Si](C)(C)c1ccccc1/C=C/c1ccccc1. The molecule has 0 aromatic heterocycles. The van der Waals surface area contributed by atoms with Crippen LogP contribution >= 0.6 is 0 Å². The molecule has 0 bridgehead atoms. The average molecular weight is 252 g/mol. The van der Waals surface area contributed by atoms with Gasteiger partial charge in [-0.3, -0.25) is 0 Å². The lowest BCUT2D eigenvalue weighted by atomic mass is 10.1. The molecule has 0 nitrogen and oxygen atoms in total. The van der Waals surface area contributed by atoms with Gasteiger partial charge in [0.25, 0.3) is 0 Å². The highest BCUT2D eigenvalue weighted by Crippen LogP contribution is 2.11. The lowest BCUT2D eigenvalue weighted by Gasteiger charge is -2.19. The van der Waals surface area contributed by atoms with Crippen molar-refractivity contribution in [2.24, 2.45) is 0 Å². The van der Waals surface area contributed by atoms with Crippen LogP contribution in [-0.4, -0.2) is 8.07 Å². The van der Waals surface area contributed by atoms with Crippen molar-refractivity contribution in [1.29, 1.82) is 0 Å². The van der Waals surface area contributed by atoms with E-state index >= 15 is 0 Å². The molecule has 0 saturated carbocycles. The molecule has 0 radical (unpaired) electrons. The maximum Gasteiger partial charge on any atom is 0.0783 e. The topological polar surface area (TPSA) is 0 Å². The van der Waals surface area contributed by atoms with Gasteiger partial charge in [-0.15, -0.1) is 0 Å². The van der Waals surface area contributed by atoms with Crippen molar-refractivity contribution in [3.63, 3.8) is 0 Å². The van der Waals surface area contributed by atoms with E-state index < -0.39 is 8.07 Å². The largest absolute Gasteiger partial charge is 0.0783 e. The molecule has 2 rings (SSSR count). The van der Waals surface area contributed by atoms with Gasteiger partial charge in [0.15, 0.2) is 0 Å². The average Bonchev–Trinajstić information content (AvgIpc) is 2.37. The quantitative estimate of drug-likeness (QED) is 0.561. The second kappa shape index (κ2) is 5.36. The zero-order valence-corrected chi connectivity index (χ0v) is 12.4. The molecule has 0 aliphatic rings. The van der Waals surface area contributed by atoms with E-state index in [0.29, 0.717) is 0 Å². The smallest absolute Gasteiger partial charge is 0.0656 e. The summed E-state index contributed by atoms with van der Waals surface area (Å²) in [6.07, 6.45) is 4.43. The number of hydrogen-bond acceptors (Lipinski definition) is 0. The first-order valence-electron chi connectivity index (χ1n) is 6.40. The molecule has 2 aromatic carbocycles. The van der Waals surface area contributed by atoms with Crippen LogP contribution in [0.5, 0.6) is 0 Å². The van der Waals surface area contributed by atoms with Crippen LogP contribution in [0.4, 0.5) is 0 Å². The van der Waals surface area contributed by atoms with Gasteiger partial charge in [-0.05, 0) is 11.1 Å². The minimum atomic E-state index is -1.27. The Labute approximate surface area is 111 Å². The van der Waals surface area contributed by atoms with Crippen LogP contribution in [0.25, 0.3) is 12.2 Å². The molecular weight excluding hydrogens is 232 g/mol. The molecule has 1 heteroatoms. The third-order valence-corrected chi connectivity index (χ3v) is 5.10. The summed E-state index contributed by atoms with van der Waals surface area (Å²) in [5, 5.41) is 1.53. The van der Waals surface area contributed by atoms with E-state index in [9.17, 15) is 0 Å². The van der Waals surface area contributed by atoms with Gasteiger partial charge in [0.05, 0.1) is 8.07 Å². The Balaban J connectivity index is 2.33. The Hall–Kier alpha value is -1.60. The van der Waals surface area contributed by atoms with Crippen molar-refractivity contribution in [2.75, 3.05) is 0 Å². The monoisotopic (exact) mass is 252 g/mol. The van der Waals surface area contributed by atoms with Crippen molar-refractivity contribution in [1.82, 2.24) is 0 Å². The third kappa shape index (κ3) is 3.20. The van der Waals surface area contributed by atoms with Crippen LogP contribution in [-0.2, 0) is 0 Å². The summed E-state index contributed by atoms with van der Waals surface area (Å²) in [4.78, 5) is 0. The second-order valence-corrected chi connectivity index (χ2v) is 10.6. The van der Waals surface area contributed by atoms with E-state index in [1.807, 2.05) is 6.07 Å². The molecule has 2 aromatic rings. The van der Waals surface area contributed by atoms with Gasteiger partial charge in [-0.1, -0.05) is 91.6 Å². The highest BCUT2D eigenvalue weighted by Gasteiger charge is 2.18. The maximum atomic E-state index is 2.39.